The van der Waals surface area contributed by atoms with Crippen LogP contribution in [0.15, 0.2) is 6.07 Å². The number of hydrazine groups is 1. The highest BCUT2D eigenvalue weighted by Crippen LogP contribution is 2.39. The maximum Gasteiger partial charge on any atom is 0.145 e. The van der Waals surface area contributed by atoms with Crippen molar-refractivity contribution in [3.63, 3.8) is 0 Å². The summed E-state index contributed by atoms with van der Waals surface area (Å²) in [6.45, 7) is 2.26. The van der Waals surface area contributed by atoms with E-state index in [1.54, 1.807) is 0 Å². The van der Waals surface area contributed by atoms with E-state index in [1.165, 1.54) is 44.9 Å². The van der Waals surface area contributed by atoms with Gasteiger partial charge in [0.2, 0.25) is 0 Å². The van der Waals surface area contributed by atoms with Crippen molar-refractivity contribution in [1.82, 2.24) is 9.97 Å². The average molecular weight is 289 g/mol. The number of hydrogen-bond donors (Lipinski definition) is 3. The SMILES string of the molecule is CCC(Nc1cc(NN)nc(C2CC2)n1)C1CCCCC1. The van der Waals surface area contributed by atoms with Crippen molar-refractivity contribution in [1.29, 1.82) is 0 Å². The number of nitrogens with two attached hydrogens (primary N) is 1. The van der Waals surface area contributed by atoms with Crippen molar-refractivity contribution in [3.05, 3.63) is 11.9 Å². The summed E-state index contributed by atoms with van der Waals surface area (Å²) in [5.74, 6) is 9.44. The number of rotatable bonds is 6. The van der Waals surface area contributed by atoms with Gasteiger partial charge in [0.25, 0.3) is 0 Å². The highest BCUT2D eigenvalue weighted by Gasteiger charge is 2.28. The monoisotopic (exact) mass is 289 g/mol. The Kier molecular flexibility index (Phi) is 4.58. The third-order valence-corrected chi connectivity index (χ3v) is 4.83. The van der Waals surface area contributed by atoms with E-state index < -0.39 is 0 Å². The van der Waals surface area contributed by atoms with Crippen LogP contribution >= 0.6 is 0 Å². The van der Waals surface area contributed by atoms with E-state index in [9.17, 15) is 0 Å². The molecule has 0 aromatic carbocycles. The molecular weight excluding hydrogens is 262 g/mol. The number of nitrogens with zero attached hydrogens (tertiary/aromatic N) is 2. The Morgan fingerprint density at radius 1 is 1.14 bits per heavy atom. The van der Waals surface area contributed by atoms with Crippen molar-refractivity contribution < 1.29 is 0 Å². The molecule has 0 spiro atoms. The first kappa shape index (κ1) is 14.6. The fourth-order valence-corrected chi connectivity index (χ4v) is 3.42. The lowest BCUT2D eigenvalue weighted by atomic mass is 9.83. The molecular formula is C16H27N5. The zero-order valence-electron chi connectivity index (χ0n) is 12.9. The molecule has 1 heterocycles. The largest absolute Gasteiger partial charge is 0.367 e. The first-order valence-electron chi connectivity index (χ1n) is 8.42. The minimum Gasteiger partial charge on any atom is -0.367 e. The van der Waals surface area contributed by atoms with E-state index in [-0.39, 0.29) is 0 Å². The standard InChI is InChI=1S/C16H27N5/c1-2-13(11-6-4-3-5-7-11)18-14-10-15(21-17)20-16(19-14)12-8-9-12/h10-13H,2-9,17H2,1H3,(H2,18,19,20,21). The van der Waals surface area contributed by atoms with Crippen molar-refractivity contribution in [2.45, 2.75) is 70.3 Å². The van der Waals surface area contributed by atoms with Crippen LogP contribution in [0.25, 0.3) is 0 Å². The van der Waals surface area contributed by atoms with Gasteiger partial charge in [0.05, 0.1) is 0 Å². The van der Waals surface area contributed by atoms with Crippen LogP contribution in [0.4, 0.5) is 11.6 Å². The zero-order valence-corrected chi connectivity index (χ0v) is 12.9. The van der Waals surface area contributed by atoms with E-state index in [0.29, 0.717) is 17.8 Å². The Morgan fingerprint density at radius 2 is 1.86 bits per heavy atom. The molecule has 2 aliphatic rings. The summed E-state index contributed by atoms with van der Waals surface area (Å²) in [5.41, 5.74) is 2.67. The molecule has 5 heteroatoms. The van der Waals surface area contributed by atoms with Crippen LogP contribution < -0.4 is 16.6 Å². The number of anilines is 2. The summed E-state index contributed by atoms with van der Waals surface area (Å²) in [4.78, 5) is 9.18. The van der Waals surface area contributed by atoms with Gasteiger partial charge in [0.15, 0.2) is 0 Å². The second-order valence-electron chi connectivity index (χ2n) is 6.47. The molecule has 0 radical (unpaired) electrons. The van der Waals surface area contributed by atoms with Crippen LogP contribution in [0, 0.1) is 5.92 Å². The predicted octanol–water partition coefficient (Wildman–Crippen LogP) is 3.41. The molecule has 1 aromatic heterocycles. The van der Waals surface area contributed by atoms with E-state index in [4.69, 9.17) is 10.8 Å². The smallest absolute Gasteiger partial charge is 0.145 e. The first-order chi connectivity index (χ1) is 10.3. The molecule has 21 heavy (non-hydrogen) atoms. The van der Waals surface area contributed by atoms with Crippen molar-refractivity contribution in [3.8, 4) is 0 Å². The third-order valence-electron chi connectivity index (χ3n) is 4.83. The summed E-state index contributed by atoms with van der Waals surface area (Å²) in [6, 6.07) is 2.44. The third kappa shape index (κ3) is 3.64. The molecule has 1 atom stereocenters. The van der Waals surface area contributed by atoms with Crippen LogP contribution in [0.1, 0.15) is 70.0 Å². The van der Waals surface area contributed by atoms with E-state index in [2.05, 4.69) is 22.7 Å². The molecule has 0 aliphatic heterocycles. The minimum absolute atomic E-state index is 0.512. The Labute approximate surface area is 127 Å². The lowest BCUT2D eigenvalue weighted by Crippen LogP contribution is -2.30. The molecule has 2 aliphatic carbocycles. The molecule has 2 saturated carbocycles. The summed E-state index contributed by atoms with van der Waals surface area (Å²) in [7, 11) is 0. The van der Waals surface area contributed by atoms with Gasteiger partial charge in [-0.15, -0.1) is 0 Å². The normalized spacial score (nSPS) is 21.0. The average Bonchev–Trinajstić information content (AvgIpc) is 3.38. The Balaban J connectivity index is 1.73. The molecule has 0 bridgehead atoms. The number of aromatic nitrogens is 2. The van der Waals surface area contributed by atoms with Gasteiger partial charge in [-0.1, -0.05) is 26.2 Å². The van der Waals surface area contributed by atoms with Crippen molar-refractivity contribution in [2.24, 2.45) is 11.8 Å². The summed E-state index contributed by atoms with van der Waals surface area (Å²) in [5, 5.41) is 3.65. The molecule has 5 nitrogen and oxygen atoms in total. The van der Waals surface area contributed by atoms with Gasteiger partial charge in [-0.3, -0.25) is 0 Å². The molecule has 3 rings (SSSR count). The lowest BCUT2D eigenvalue weighted by molar-refractivity contribution is 0.312. The Morgan fingerprint density at radius 3 is 2.48 bits per heavy atom. The van der Waals surface area contributed by atoms with Crippen LogP contribution in [0.5, 0.6) is 0 Å². The molecule has 2 fully saturated rings. The van der Waals surface area contributed by atoms with Crippen LogP contribution in [0.2, 0.25) is 0 Å². The molecule has 0 saturated heterocycles. The maximum absolute atomic E-state index is 5.55. The highest BCUT2D eigenvalue weighted by atomic mass is 15.3. The summed E-state index contributed by atoms with van der Waals surface area (Å²) < 4.78 is 0. The van der Waals surface area contributed by atoms with Crippen molar-refractivity contribution >= 4 is 11.6 Å². The van der Waals surface area contributed by atoms with Gasteiger partial charge < -0.3 is 10.7 Å². The quantitative estimate of drug-likeness (QED) is 0.552. The summed E-state index contributed by atoms with van der Waals surface area (Å²) in [6.07, 6.45) is 10.4. The maximum atomic E-state index is 5.55. The molecule has 1 unspecified atom stereocenters. The lowest BCUT2D eigenvalue weighted by Gasteiger charge is -2.30. The van der Waals surface area contributed by atoms with E-state index in [0.717, 1.165) is 24.0 Å². The second-order valence-corrected chi connectivity index (χ2v) is 6.47. The number of nitrogen functional groups attached to an aromatic ring is 1. The van der Waals surface area contributed by atoms with Gasteiger partial charge in [0, 0.05) is 18.0 Å². The number of nitrogens with one attached hydrogen (secondary N) is 2. The second kappa shape index (κ2) is 6.60. The van der Waals surface area contributed by atoms with Crippen LogP contribution in [-0.4, -0.2) is 16.0 Å². The van der Waals surface area contributed by atoms with Gasteiger partial charge >= 0.3 is 0 Å². The minimum atomic E-state index is 0.512. The Hall–Kier alpha value is -1.36. The van der Waals surface area contributed by atoms with Gasteiger partial charge in [-0.05, 0) is 38.0 Å². The predicted molar refractivity (Wildman–Crippen MR) is 86.1 cm³/mol. The number of hydrogen-bond acceptors (Lipinski definition) is 5. The molecule has 116 valence electrons. The van der Waals surface area contributed by atoms with E-state index in [1.807, 2.05) is 6.07 Å². The van der Waals surface area contributed by atoms with Gasteiger partial charge in [-0.2, -0.15) is 0 Å². The fraction of sp³-hybridized carbons (Fsp3) is 0.750. The van der Waals surface area contributed by atoms with Gasteiger partial charge in [0.1, 0.15) is 17.5 Å². The molecule has 4 N–H and O–H groups in total. The Bertz CT molecular complexity index is 466. The molecule has 0 amide bonds. The van der Waals surface area contributed by atoms with Crippen LogP contribution in [-0.2, 0) is 0 Å². The highest BCUT2D eigenvalue weighted by molar-refractivity contribution is 5.48. The first-order valence-corrected chi connectivity index (χ1v) is 8.42. The summed E-state index contributed by atoms with van der Waals surface area (Å²) >= 11 is 0. The fourth-order valence-electron chi connectivity index (χ4n) is 3.42. The topological polar surface area (TPSA) is 75.9 Å². The van der Waals surface area contributed by atoms with Crippen LogP contribution in [0.3, 0.4) is 0 Å². The van der Waals surface area contributed by atoms with E-state index >= 15 is 0 Å². The van der Waals surface area contributed by atoms with Gasteiger partial charge in [-0.25, -0.2) is 15.8 Å². The van der Waals surface area contributed by atoms with Crippen molar-refractivity contribution in [2.75, 3.05) is 10.7 Å². The zero-order chi connectivity index (χ0) is 14.7. The molecule has 1 aromatic rings.